The number of primary amides is 1. The van der Waals surface area contributed by atoms with Gasteiger partial charge in [0.25, 0.3) is 0 Å². The summed E-state index contributed by atoms with van der Waals surface area (Å²) < 4.78 is 10.3. The quantitative estimate of drug-likeness (QED) is 0.408. The van der Waals surface area contributed by atoms with Crippen molar-refractivity contribution in [3.05, 3.63) is 18.2 Å². The number of fused-ring (bicyclic) bond motifs is 1. The zero-order chi connectivity index (χ0) is 11.5. The first-order valence-corrected chi connectivity index (χ1v) is 4.47. The van der Waals surface area contributed by atoms with Gasteiger partial charge in [0, 0.05) is 11.8 Å². The molecule has 1 aliphatic rings. The number of carbonyl (C=O) groups is 1. The summed E-state index contributed by atoms with van der Waals surface area (Å²) in [6.07, 6.45) is 0. The van der Waals surface area contributed by atoms with Gasteiger partial charge in [0.1, 0.15) is 0 Å². The number of anilines is 1. The Bertz CT molecular complexity index is 446. The Hall–Kier alpha value is -2.44. The van der Waals surface area contributed by atoms with Crippen molar-refractivity contribution in [1.29, 1.82) is 5.41 Å². The first-order valence-electron chi connectivity index (χ1n) is 4.47. The molecule has 1 aliphatic heterocycles. The molecule has 2 amide bonds. The van der Waals surface area contributed by atoms with Gasteiger partial charge in [-0.25, -0.2) is 4.79 Å². The molecule has 2 rings (SSSR count). The normalized spacial score (nSPS) is 12.0. The van der Waals surface area contributed by atoms with E-state index >= 15 is 0 Å². The van der Waals surface area contributed by atoms with E-state index in [0.717, 1.165) is 0 Å². The van der Waals surface area contributed by atoms with Gasteiger partial charge in [-0.3, -0.25) is 10.7 Å². The van der Waals surface area contributed by atoms with Crippen molar-refractivity contribution in [2.45, 2.75) is 0 Å². The monoisotopic (exact) mass is 222 g/mol. The summed E-state index contributed by atoms with van der Waals surface area (Å²) in [6.45, 7) is 0.190. The van der Waals surface area contributed by atoms with Gasteiger partial charge in [-0.1, -0.05) is 0 Å². The molecule has 0 unspecified atom stereocenters. The maximum atomic E-state index is 10.5. The molecular weight excluding hydrogens is 212 g/mol. The van der Waals surface area contributed by atoms with Crippen molar-refractivity contribution >= 4 is 17.7 Å². The number of nitrogens with one attached hydrogen (secondary N) is 3. The van der Waals surface area contributed by atoms with Crippen LogP contribution >= 0.6 is 0 Å². The van der Waals surface area contributed by atoms with Crippen molar-refractivity contribution in [1.82, 2.24) is 5.32 Å². The molecule has 7 nitrogen and oxygen atoms in total. The minimum absolute atomic E-state index is 0.190. The second-order valence-electron chi connectivity index (χ2n) is 3.06. The van der Waals surface area contributed by atoms with Crippen LogP contribution in [0.15, 0.2) is 18.2 Å². The van der Waals surface area contributed by atoms with Gasteiger partial charge in [0.05, 0.1) is 0 Å². The van der Waals surface area contributed by atoms with E-state index in [4.69, 9.17) is 20.6 Å². The van der Waals surface area contributed by atoms with E-state index in [9.17, 15) is 4.79 Å². The second-order valence-corrected chi connectivity index (χ2v) is 3.06. The number of nitrogens with two attached hydrogens (primary N) is 1. The van der Waals surface area contributed by atoms with Gasteiger partial charge in [0.2, 0.25) is 12.8 Å². The van der Waals surface area contributed by atoms with Crippen LogP contribution in [0.1, 0.15) is 0 Å². The summed E-state index contributed by atoms with van der Waals surface area (Å²) in [5.74, 6) is 1.04. The minimum Gasteiger partial charge on any atom is -0.454 e. The summed E-state index contributed by atoms with van der Waals surface area (Å²) in [6, 6.07) is 4.28. The highest BCUT2D eigenvalue weighted by Crippen LogP contribution is 2.34. The van der Waals surface area contributed by atoms with Crippen LogP contribution in [0.25, 0.3) is 0 Å². The van der Waals surface area contributed by atoms with Gasteiger partial charge in [-0.05, 0) is 12.1 Å². The van der Waals surface area contributed by atoms with Crippen LogP contribution in [0.5, 0.6) is 11.5 Å². The molecule has 84 valence electrons. The summed E-state index contributed by atoms with van der Waals surface area (Å²) in [4.78, 5) is 10.5. The van der Waals surface area contributed by atoms with Gasteiger partial charge >= 0.3 is 6.03 Å². The van der Waals surface area contributed by atoms with Crippen LogP contribution in [-0.4, -0.2) is 18.8 Å². The lowest BCUT2D eigenvalue weighted by molar-refractivity contribution is 0.174. The third kappa shape index (κ3) is 2.14. The Morgan fingerprint density at radius 2 is 2.12 bits per heavy atom. The molecule has 0 spiro atoms. The fourth-order valence-corrected chi connectivity index (χ4v) is 1.27. The van der Waals surface area contributed by atoms with Gasteiger partial charge in [-0.2, -0.15) is 0 Å². The molecule has 1 heterocycles. The Morgan fingerprint density at radius 3 is 2.88 bits per heavy atom. The Labute approximate surface area is 91.0 Å². The molecular formula is C9H10N4O3. The van der Waals surface area contributed by atoms with E-state index in [1.807, 2.05) is 0 Å². The van der Waals surface area contributed by atoms with E-state index in [1.165, 1.54) is 0 Å². The number of benzene rings is 1. The number of urea groups is 1. The SMILES string of the molecule is N=C(NC(N)=O)Nc1ccc2c(c1)OCO2. The first kappa shape index (κ1) is 10.1. The zero-order valence-corrected chi connectivity index (χ0v) is 8.24. The van der Waals surface area contributed by atoms with E-state index in [2.05, 4.69) is 10.6 Å². The average Bonchev–Trinajstić information content (AvgIpc) is 2.63. The third-order valence-corrected chi connectivity index (χ3v) is 1.89. The standard InChI is InChI=1S/C9H10N4O3/c10-8(13-9(11)14)12-5-1-2-6-7(3-5)16-4-15-6/h1-3H,4H2,(H5,10,11,12,13,14). The zero-order valence-electron chi connectivity index (χ0n) is 8.24. The highest BCUT2D eigenvalue weighted by Gasteiger charge is 2.13. The largest absolute Gasteiger partial charge is 0.454 e. The highest BCUT2D eigenvalue weighted by molar-refractivity contribution is 6.01. The lowest BCUT2D eigenvalue weighted by atomic mass is 10.3. The van der Waals surface area contributed by atoms with Crippen molar-refractivity contribution in [3.63, 3.8) is 0 Å². The molecule has 0 radical (unpaired) electrons. The lowest BCUT2D eigenvalue weighted by Crippen LogP contribution is -2.38. The lowest BCUT2D eigenvalue weighted by Gasteiger charge is -2.07. The van der Waals surface area contributed by atoms with E-state index < -0.39 is 6.03 Å². The molecule has 1 aromatic rings. The first-order chi connectivity index (χ1) is 7.65. The van der Waals surface area contributed by atoms with Crippen LogP contribution in [0, 0.1) is 5.41 Å². The number of guanidine groups is 1. The van der Waals surface area contributed by atoms with Gasteiger partial charge < -0.3 is 20.5 Å². The number of amides is 2. The summed E-state index contributed by atoms with van der Waals surface area (Å²) in [5.41, 5.74) is 5.46. The molecule has 0 saturated heterocycles. The smallest absolute Gasteiger partial charge is 0.318 e. The van der Waals surface area contributed by atoms with E-state index in [-0.39, 0.29) is 12.8 Å². The number of hydrogen-bond acceptors (Lipinski definition) is 4. The van der Waals surface area contributed by atoms with E-state index in [0.29, 0.717) is 17.2 Å². The fraction of sp³-hybridized carbons (Fsp3) is 0.111. The van der Waals surface area contributed by atoms with Gasteiger partial charge in [0.15, 0.2) is 11.5 Å². The Morgan fingerprint density at radius 1 is 1.38 bits per heavy atom. The predicted octanol–water partition coefficient (Wildman–Crippen LogP) is 0.430. The van der Waals surface area contributed by atoms with Crippen LogP contribution in [0.4, 0.5) is 10.5 Å². The van der Waals surface area contributed by atoms with Crippen LogP contribution in [-0.2, 0) is 0 Å². The summed E-state index contributed by atoms with van der Waals surface area (Å²) in [5, 5.41) is 12.1. The van der Waals surface area contributed by atoms with E-state index in [1.54, 1.807) is 18.2 Å². The maximum absolute atomic E-state index is 10.5. The minimum atomic E-state index is -0.793. The van der Waals surface area contributed by atoms with Crippen LogP contribution in [0.2, 0.25) is 0 Å². The molecule has 0 aromatic heterocycles. The number of carbonyl (C=O) groups excluding carboxylic acids is 1. The summed E-state index contributed by atoms with van der Waals surface area (Å²) in [7, 11) is 0. The molecule has 0 atom stereocenters. The molecule has 0 fully saturated rings. The average molecular weight is 222 g/mol. The molecule has 7 heteroatoms. The molecule has 16 heavy (non-hydrogen) atoms. The van der Waals surface area contributed by atoms with Crippen molar-refractivity contribution in [2.24, 2.45) is 5.73 Å². The molecule has 5 N–H and O–H groups in total. The molecule has 0 aliphatic carbocycles. The van der Waals surface area contributed by atoms with Crippen LogP contribution < -0.4 is 25.8 Å². The summed E-state index contributed by atoms with van der Waals surface area (Å²) >= 11 is 0. The third-order valence-electron chi connectivity index (χ3n) is 1.89. The maximum Gasteiger partial charge on any atom is 0.318 e. The fourth-order valence-electron chi connectivity index (χ4n) is 1.27. The predicted molar refractivity (Wildman–Crippen MR) is 56.6 cm³/mol. The Balaban J connectivity index is 2.05. The molecule has 0 saturated carbocycles. The molecule has 1 aromatic carbocycles. The Kier molecular flexibility index (Phi) is 2.50. The number of ether oxygens (including phenoxy) is 2. The second kappa shape index (κ2) is 3.97. The van der Waals surface area contributed by atoms with Crippen LogP contribution in [0.3, 0.4) is 0 Å². The highest BCUT2D eigenvalue weighted by atomic mass is 16.7. The number of rotatable bonds is 1. The van der Waals surface area contributed by atoms with Gasteiger partial charge in [-0.15, -0.1) is 0 Å². The number of hydrogen-bond donors (Lipinski definition) is 4. The van der Waals surface area contributed by atoms with Crippen molar-refractivity contribution in [2.75, 3.05) is 12.1 Å². The topological polar surface area (TPSA) is 109 Å². The van der Waals surface area contributed by atoms with Crippen molar-refractivity contribution in [3.8, 4) is 11.5 Å². The molecule has 0 bridgehead atoms. The van der Waals surface area contributed by atoms with Crippen molar-refractivity contribution < 1.29 is 14.3 Å².